The van der Waals surface area contributed by atoms with Crippen molar-refractivity contribution in [1.82, 2.24) is 4.90 Å². The maximum Gasteiger partial charge on any atom is 0.119 e. The van der Waals surface area contributed by atoms with Gasteiger partial charge in [0.2, 0.25) is 0 Å². The molecule has 19 heavy (non-hydrogen) atoms. The molecule has 1 heterocycles. The zero-order chi connectivity index (χ0) is 13.5. The zero-order valence-electron chi connectivity index (χ0n) is 11.8. The molecule has 0 saturated heterocycles. The molecule has 0 spiro atoms. The number of nitrogens with zero attached hydrogens (tertiary/aromatic N) is 1. The van der Waals surface area contributed by atoms with Crippen LogP contribution in [0.1, 0.15) is 25.3 Å². The summed E-state index contributed by atoms with van der Waals surface area (Å²) in [5.74, 6) is 0.937. The second-order valence-corrected chi connectivity index (χ2v) is 5.15. The molecule has 0 aliphatic carbocycles. The fourth-order valence-electron chi connectivity index (χ4n) is 2.22. The molecule has 0 bridgehead atoms. The second kappa shape index (κ2) is 7.31. The van der Waals surface area contributed by atoms with Gasteiger partial charge in [0.15, 0.2) is 0 Å². The van der Waals surface area contributed by atoms with Gasteiger partial charge in [-0.05, 0) is 37.5 Å². The minimum atomic E-state index is 0.585. The van der Waals surface area contributed by atoms with E-state index in [2.05, 4.69) is 17.9 Å². The third kappa shape index (κ3) is 4.69. The first kappa shape index (κ1) is 14.1. The number of ether oxygens (including phenoxy) is 1. The van der Waals surface area contributed by atoms with Crippen LogP contribution in [-0.4, -0.2) is 31.1 Å². The normalized spacial score (nSPS) is 16.2. The first-order chi connectivity index (χ1) is 9.28. The van der Waals surface area contributed by atoms with Gasteiger partial charge in [0.25, 0.3) is 0 Å². The van der Waals surface area contributed by atoms with Gasteiger partial charge in [0.1, 0.15) is 5.75 Å². The second-order valence-electron chi connectivity index (χ2n) is 5.15. The van der Waals surface area contributed by atoms with Gasteiger partial charge in [0.05, 0.1) is 6.61 Å². The average Bonchev–Trinajstić information content (AvgIpc) is 2.46. The Morgan fingerprint density at radius 3 is 2.68 bits per heavy atom. The van der Waals surface area contributed by atoms with Gasteiger partial charge >= 0.3 is 0 Å². The van der Waals surface area contributed by atoms with Crippen LogP contribution in [0.5, 0.6) is 5.75 Å². The van der Waals surface area contributed by atoms with E-state index in [1.807, 2.05) is 24.3 Å². The highest BCUT2D eigenvalue weighted by Gasteiger charge is 2.08. The minimum absolute atomic E-state index is 0.585. The van der Waals surface area contributed by atoms with Crippen molar-refractivity contribution in [2.45, 2.75) is 26.3 Å². The van der Waals surface area contributed by atoms with Crippen molar-refractivity contribution in [3.63, 3.8) is 0 Å². The zero-order valence-corrected chi connectivity index (χ0v) is 11.8. The summed E-state index contributed by atoms with van der Waals surface area (Å²) >= 11 is 0. The van der Waals surface area contributed by atoms with Crippen molar-refractivity contribution in [1.29, 1.82) is 0 Å². The van der Waals surface area contributed by atoms with Crippen LogP contribution in [-0.2, 0) is 6.54 Å². The quantitative estimate of drug-likeness (QED) is 0.631. The predicted molar refractivity (Wildman–Crippen MR) is 79.3 cm³/mol. The van der Waals surface area contributed by atoms with Gasteiger partial charge in [-0.3, -0.25) is 4.90 Å². The van der Waals surface area contributed by atoms with Crippen LogP contribution >= 0.6 is 0 Å². The molecule has 3 heteroatoms. The average molecular weight is 260 g/mol. The summed E-state index contributed by atoms with van der Waals surface area (Å²) in [5.41, 5.74) is 8.23. The lowest BCUT2D eigenvalue weighted by molar-refractivity contribution is 0.245. The Morgan fingerprint density at radius 2 is 2.05 bits per heavy atom. The predicted octanol–water partition coefficient (Wildman–Crippen LogP) is 2.57. The SMILES string of the molecule is CC1=CCN(CCCOc2ccc(CN)cc2)CC1. The summed E-state index contributed by atoms with van der Waals surface area (Å²) in [6.45, 7) is 6.98. The molecule has 3 nitrogen and oxygen atoms in total. The van der Waals surface area contributed by atoms with Crippen molar-refractivity contribution in [3.8, 4) is 5.75 Å². The molecule has 0 fully saturated rings. The van der Waals surface area contributed by atoms with Crippen LogP contribution < -0.4 is 10.5 Å². The van der Waals surface area contributed by atoms with Crippen molar-refractivity contribution < 1.29 is 4.74 Å². The van der Waals surface area contributed by atoms with E-state index in [9.17, 15) is 0 Å². The van der Waals surface area contributed by atoms with Gasteiger partial charge in [-0.1, -0.05) is 23.8 Å². The van der Waals surface area contributed by atoms with E-state index in [4.69, 9.17) is 10.5 Å². The molecule has 104 valence electrons. The standard InChI is InChI=1S/C16H24N2O/c1-14-7-10-18(11-8-14)9-2-12-19-16-5-3-15(13-17)4-6-16/h3-7H,2,8-13,17H2,1H3. The van der Waals surface area contributed by atoms with Crippen molar-refractivity contribution in [2.75, 3.05) is 26.2 Å². The number of benzene rings is 1. The molecule has 0 amide bonds. The lowest BCUT2D eigenvalue weighted by atomic mass is 10.1. The summed E-state index contributed by atoms with van der Waals surface area (Å²) < 4.78 is 5.73. The molecule has 0 saturated carbocycles. The Kier molecular flexibility index (Phi) is 5.43. The summed E-state index contributed by atoms with van der Waals surface area (Å²) in [6, 6.07) is 8.03. The summed E-state index contributed by atoms with van der Waals surface area (Å²) in [6.07, 6.45) is 4.61. The van der Waals surface area contributed by atoms with Crippen LogP contribution in [0, 0.1) is 0 Å². The molecular formula is C16H24N2O. The van der Waals surface area contributed by atoms with E-state index in [1.54, 1.807) is 0 Å². The molecule has 1 aromatic carbocycles. The number of hydrogen-bond donors (Lipinski definition) is 1. The van der Waals surface area contributed by atoms with Gasteiger partial charge in [-0.2, -0.15) is 0 Å². The van der Waals surface area contributed by atoms with Crippen molar-refractivity contribution >= 4 is 0 Å². The summed E-state index contributed by atoms with van der Waals surface area (Å²) in [5, 5.41) is 0. The Balaban J connectivity index is 1.63. The molecule has 1 aliphatic rings. The van der Waals surface area contributed by atoms with Crippen molar-refractivity contribution in [3.05, 3.63) is 41.5 Å². The first-order valence-corrected chi connectivity index (χ1v) is 7.08. The lowest BCUT2D eigenvalue weighted by Crippen LogP contribution is -2.30. The van der Waals surface area contributed by atoms with Gasteiger partial charge < -0.3 is 10.5 Å². The van der Waals surface area contributed by atoms with E-state index < -0.39 is 0 Å². The lowest BCUT2D eigenvalue weighted by Gasteiger charge is -2.25. The van der Waals surface area contributed by atoms with Crippen molar-refractivity contribution in [2.24, 2.45) is 5.73 Å². The smallest absolute Gasteiger partial charge is 0.119 e. The number of hydrogen-bond acceptors (Lipinski definition) is 3. The fraction of sp³-hybridized carbons (Fsp3) is 0.500. The first-order valence-electron chi connectivity index (χ1n) is 7.08. The molecule has 0 radical (unpaired) electrons. The Morgan fingerprint density at radius 1 is 1.26 bits per heavy atom. The number of rotatable bonds is 6. The summed E-state index contributed by atoms with van der Waals surface area (Å²) in [4.78, 5) is 2.48. The topological polar surface area (TPSA) is 38.5 Å². The maximum atomic E-state index is 5.73. The molecule has 1 aromatic rings. The Hall–Kier alpha value is -1.32. The van der Waals surface area contributed by atoms with Gasteiger partial charge in [-0.15, -0.1) is 0 Å². The Labute approximate surface area is 116 Å². The van der Waals surface area contributed by atoms with Crippen LogP contribution in [0.2, 0.25) is 0 Å². The molecule has 0 aromatic heterocycles. The van der Waals surface area contributed by atoms with E-state index in [0.717, 1.165) is 37.4 Å². The minimum Gasteiger partial charge on any atom is -0.494 e. The van der Waals surface area contributed by atoms with E-state index in [0.29, 0.717) is 6.54 Å². The van der Waals surface area contributed by atoms with Gasteiger partial charge in [0, 0.05) is 26.2 Å². The molecule has 1 aliphatic heterocycles. The fourth-order valence-corrected chi connectivity index (χ4v) is 2.22. The molecule has 2 rings (SSSR count). The Bertz CT molecular complexity index is 411. The number of nitrogens with two attached hydrogens (primary N) is 1. The third-order valence-corrected chi connectivity index (χ3v) is 3.57. The highest BCUT2D eigenvalue weighted by Crippen LogP contribution is 2.13. The van der Waals surface area contributed by atoms with Crippen LogP contribution in [0.15, 0.2) is 35.9 Å². The molecule has 0 unspecified atom stereocenters. The largest absolute Gasteiger partial charge is 0.494 e. The maximum absolute atomic E-state index is 5.73. The highest BCUT2D eigenvalue weighted by molar-refractivity contribution is 5.27. The molecular weight excluding hydrogens is 236 g/mol. The monoisotopic (exact) mass is 260 g/mol. The van der Waals surface area contributed by atoms with Crippen LogP contribution in [0.3, 0.4) is 0 Å². The van der Waals surface area contributed by atoms with E-state index in [1.165, 1.54) is 18.5 Å². The van der Waals surface area contributed by atoms with Crippen LogP contribution in [0.25, 0.3) is 0 Å². The van der Waals surface area contributed by atoms with Gasteiger partial charge in [-0.25, -0.2) is 0 Å². The van der Waals surface area contributed by atoms with E-state index in [-0.39, 0.29) is 0 Å². The summed E-state index contributed by atoms with van der Waals surface area (Å²) in [7, 11) is 0. The van der Waals surface area contributed by atoms with Crippen LogP contribution in [0.4, 0.5) is 0 Å². The highest BCUT2D eigenvalue weighted by atomic mass is 16.5. The molecule has 0 atom stereocenters. The molecule has 2 N–H and O–H groups in total. The van der Waals surface area contributed by atoms with E-state index >= 15 is 0 Å². The third-order valence-electron chi connectivity index (χ3n) is 3.57.